The number of aryl methyl sites for hydroxylation is 2. The average molecular weight is 414 g/mol. The van der Waals surface area contributed by atoms with Crippen molar-refractivity contribution in [3.63, 3.8) is 0 Å². The molecule has 0 aliphatic carbocycles. The minimum atomic E-state index is 0.336. The van der Waals surface area contributed by atoms with Crippen LogP contribution in [-0.2, 0) is 4.84 Å². The van der Waals surface area contributed by atoms with Gasteiger partial charge in [-0.1, -0.05) is 23.4 Å². The lowest BCUT2D eigenvalue weighted by molar-refractivity contribution is 0.212. The van der Waals surface area contributed by atoms with Crippen LogP contribution in [0.4, 0.5) is 0 Å². The van der Waals surface area contributed by atoms with Gasteiger partial charge in [0.2, 0.25) is 0 Å². The smallest absolute Gasteiger partial charge is 0.127 e. The Morgan fingerprint density at radius 2 is 1.50 bits per heavy atom. The molecule has 6 heteroatoms. The molecular formula is C24H31NO5. The summed E-state index contributed by atoms with van der Waals surface area (Å²) in [5.41, 5.74) is 2.13. The number of nitrogens with zero attached hydrogens (tertiary/aromatic N) is 1. The van der Waals surface area contributed by atoms with Crippen LogP contribution >= 0.6 is 0 Å². The van der Waals surface area contributed by atoms with Crippen LogP contribution in [0.2, 0.25) is 0 Å². The predicted molar refractivity (Wildman–Crippen MR) is 119 cm³/mol. The monoisotopic (exact) mass is 413 g/mol. The van der Waals surface area contributed by atoms with Crippen LogP contribution in [0.1, 0.15) is 24.5 Å². The van der Waals surface area contributed by atoms with E-state index in [2.05, 4.69) is 9.99 Å². The van der Waals surface area contributed by atoms with Crippen molar-refractivity contribution >= 4 is 6.21 Å². The van der Waals surface area contributed by atoms with Gasteiger partial charge in [-0.25, -0.2) is 0 Å². The van der Waals surface area contributed by atoms with Gasteiger partial charge in [0.1, 0.15) is 43.3 Å². The van der Waals surface area contributed by atoms with Crippen molar-refractivity contribution in [3.8, 4) is 23.0 Å². The second kappa shape index (κ2) is 13.1. The van der Waals surface area contributed by atoms with Gasteiger partial charge in [0.15, 0.2) is 0 Å². The Bertz CT molecular complexity index is 809. The Hall–Kier alpha value is -3.15. The highest BCUT2D eigenvalue weighted by atomic mass is 16.6. The minimum absolute atomic E-state index is 0.336. The first-order valence-electron chi connectivity index (χ1n) is 10.0. The molecule has 30 heavy (non-hydrogen) atoms. The largest absolute Gasteiger partial charge is 0.493 e. The molecule has 2 aromatic rings. The molecule has 2 aromatic carbocycles. The predicted octanol–water partition coefficient (Wildman–Crippen LogP) is 5.12. The first-order valence-corrected chi connectivity index (χ1v) is 10.0. The van der Waals surface area contributed by atoms with Crippen molar-refractivity contribution in [1.82, 2.24) is 0 Å². The Labute approximate surface area is 179 Å². The molecule has 0 amide bonds. The van der Waals surface area contributed by atoms with Crippen LogP contribution in [0.3, 0.4) is 0 Å². The molecule has 0 heterocycles. The van der Waals surface area contributed by atoms with E-state index >= 15 is 0 Å². The molecule has 0 atom stereocenters. The van der Waals surface area contributed by atoms with Gasteiger partial charge < -0.3 is 23.8 Å². The van der Waals surface area contributed by atoms with Crippen LogP contribution in [0, 0.1) is 13.8 Å². The molecular weight excluding hydrogens is 382 g/mol. The van der Waals surface area contributed by atoms with Gasteiger partial charge in [-0.05, 0) is 56.2 Å². The van der Waals surface area contributed by atoms with Crippen LogP contribution in [0.5, 0.6) is 23.0 Å². The summed E-state index contributed by atoms with van der Waals surface area (Å²) >= 11 is 0. The molecule has 0 unspecified atom stereocenters. The maximum Gasteiger partial charge on any atom is 0.127 e. The Morgan fingerprint density at radius 3 is 2.20 bits per heavy atom. The van der Waals surface area contributed by atoms with E-state index in [4.69, 9.17) is 18.9 Å². The number of allylic oxidation sites excluding steroid dienone is 1. The maximum atomic E-state index is 5.99. The molecule has 0 radical (unpaired) electrons. The molecule has 0 saturated carbocycles. The SMILES string of the molecule is C/C=C/COc1cc(C)c(OCCCOc2cccc(OC/C=N/OC)c2)c(C)c1. The van der Waals surface area contributed by atoms with Crippen molar-refractivity contribution in [1.29, 1.82) is 0 Å². The minimum Gasteiger partial charge on any atom is -0.493 e. The van der Waals surface area contributed by atoms with E-state index in [0.717, 1.165) is 34.8 Å². The van der Waals surface area contributed by atoms with Gasteiger partial charge in [-0.2, -0.15) is 0 Å². The molecule has 0 fully saturated rings. The normalized spacial score (nSPS) is 11.1. The molecule has 0 saturated heterocycles. The molecule has 0 spiro atoms. The summed E-state index contributed by atoms with van der Waals surface area (Å²) in [6, 6.07) is 11.5. The third-order valence-electron chi connectivity index (χ3n) is 4.13. The average Bonchev–Trinajstić information content (AvgIpc) is 2.73. The van der Waals surface area contributed by atoms with E-state index < -0.39 is 0 Å². The highest BCUT2D eigenvalue weighted by Crippen LogP contribution is 2.28. The van der Waals surface area contributed by atoms with Crippen LogP contribution in [-0.4, -0.2) is 39.8 Å². The standard InChI is InChI=1S/C24H31NO5/c1-5-6-12-28-23-16-19(2)24(20(3)17-23)30-14-8-13-27-21-9-7-10-22(18-21)29-15-11-25-26-4/h5-7,9-11,16-18H,8,12-15H2,1-4H3/b6-5+,25-11+. The van der Waals surface area contributed by atoms with E-state index in [1.165, 1.54) is 7.11 Å². The van der Waals surface area contributed by atoms with E-state index in [0.29, 0.717) is 32.2 Å². The molecule has 0 N–H and O–H groups in total. The summed E-state index contributed by atoms with van der Waals surface area (Å²) in [7, 11) is 1.49. The lowest BCUT2D eigenvalue weighted by Gasteiger charge is -2.14. The van der Waals surface area contributed by atoms with Crippen molar-refractivity contribution < 1.29 is 23.8 Å². The second-order valence-corrected chi connectivity index (χ2v) is 6.57. The maximum absolute atomic E-state index is 5.99. The molecule has 0 aliphatic rings. The fraction of sp³-hybridized carbons (Fsp3) is 0.375. The Morgan fingerprint density at radius 1 is 0.833 bits per heavy atom. The first kappa shape index (κ1) is 23.1. The number of rotatable bonds is 13. The second-order valence-electron chi connectivity index (χ2n) is 6.57. The lowest BCUT2D eigenvalue weighted by Crippen LogP contribution is -2.07. The highest BCUT2D eigenvalue weighted by molar-refractivity contribution is 5.58. The quantitative estimate of drug-likeness (QED) is 0.197. The highest BCUT2D eigenvalue weighted by Gasteiger charge is 2.07. The molecule has 0 aromatic heterocycles. The van der Waals surface area contributed by atoms with Crippen molar-refractivity contribution in [2.75, 3.05) is 33.5 Å². The van der Waals surface area contributed by atoms with Gasteiger partial charge in [0.25, 0.3) is 0 Å². The van der Waals surface area contributed by atoms with Gasteiger partial charge in [-0.15, -0.1) is 0 Å². The lowest BCUT2D eigenvalue weighted by atomic mass is 10.1. The molecule has 6 nitrogen and oxygen atoms in total. The third kappa shape index (κ3) is 8.07. The Balaban J connectivity index is 1.75. The third-order valence-corrected chi connectivity index (χ3v) is 4.13. The van der Waals surface area contributed by atoms with E-state index in [9.17, 15) is 0 Å². The topological polar surface area (TPSA) is 58.5 Å². The molecule has 0 bridgehead atoms. The zero-order valence-electron chi connectivity index (χ0n) is 18.2. The van der Waals surface area contributed by atoms with E-state index in [-0.39, 0.29) is 0 Å². The van der Waals surface area contributed by atoms with Crippen LogP contribution in [0.25, 0.3) is 0 Å². The van der Waals surface area contributed by atoms with Crippen LogP contribution in [0.15, 0.2) is 53.7 Å². The van der Waals surface area contributed by atoms with Gasteiger partial charge in [0.05, 0.1) is 19.4 Å². The van der Waals surface area contributed by atoms with Gasteiger partial charge >= 0.3 is 0 Å². The number of hydrogen-bond donors (Lipinski definition) is 0. The Kier molecular flexibility index (Phi) is 10.1. The van der Waals surface area contributed by atoms with Crippen LogP contribution < -0.4 is 18.9 Å². The summed E-state index contributed by atoms with van der Waals surface area (Å²) < 4.78 is 23.1. The van der Waals surface area contributed by atoms with Crippen molar-refractivity contribution in [3.05, 3.63) is 59.7 Å². The number of hydrogen-bond acceptors (Lipinski definition) is 6. The number of benzene rings is 2. The molecule has 2 rings (SSSR count). The summed E-state index contributed by atoms with van der Waals surface area (Å²) in [5.74, 6) is 3.23. The zero-order valence-corrected chi connectivity index (χ0v) is 18.2. The first-order chi connectivity index (χ1) is 14.6. The van der Waals surface area contributed by atoms with Gasteiger partial charge in [0, 0.05) is 12.5 Å². The summed E-state index contributed by atoms with van der Waals surface area (Å²) in [5, 5.41) is 3.63. The van der Waals surface area contributed by atoms with Gasteiger partial charge in [-0.3, -0.25) is 0 Å². The summed E-state index contributed by atoms with van der Waals surface area (Å²) in [6.07, 6.45) is 6.27. The fourth-order valence-electron chi connectivity index (χ4n) is 2.78. The van der Waals surface area contributed by atoms with E-state index in [1.807, 2.05) is 69.3 Å². The zero-order chi connectivity index (χ0) is 21.6. The summed E-state index contributed by atoms with van der Waals surface area (Å²) in [4.78, 5) is 4.60. The molecule has 162 valence electrons. The molecule has 0 aliphatic heterocycles. The number of oxime groups is 1. The number of ether oxygens (including phenoxy) is 4. The van der Waals surface area contributed by atoms with Crippen molar-refractivity contribution in [2.45, 2.75) is 27.2 Å². The summed E-state index contributed by atoms with van der Waals surface area (Å²) in [6.45, 7) is 8.07. The van der Waals surface area contributed by atoms with E-state index in [1.54, 1.807) is 6.21 Å². The fourth-order valence-corrected chi connectivity index (χ4v) is 2.78. The van der Waals surface area contributed by atoms with Crippen molar-refractivity contribution in [2.24, 2.45) is 5.16 Å².